The number of benzene rings is 4. The first-order valence-electron chi connectivity index (χ1n) is 14.5. The molecular weight excluding hydrogens is 590 g/mol. The second kappa shape index (κ2) is 15.4. The van der Waals surface area contributed by atoms with Crippen LogP contribution < -0.4 is 16.0 Å². The Balaban J connectivity index is 1.51. The van der Waals surface area contributed by atoms with Crippen molar-refractivity contribution in [2.45, 2.75) is 50.2 Å². The molecule has 0 spiro atoms. The number of anilines is 2. The number of carbonyl (C=O) groups is 3. The van der Waals surface area contributed by atoms with Crippen LogP contribution >= 0.6 is 23.4 Å². The van der Waals surface area contributed by atoms with E-state index in [4.69, 9.17) is 11.6 Å². The van der Waals surface area contributed by atoms with Crippen molar-refractivity contribution < 1.29 is 14.4 Å². The van der Waals surface area contributed by atoms with E-state index in [1.54, 1.807) is 42.5 Å². The molecule has 8 heteroatoms. The molecule has 44 heavy (non-hydrogen) atoms. The van der Waals surface area contributed by atoms with Crippen LogP contribution in [-0.4, -0.2) is 23.0 Å². The molecule has 0 aliphatic heterocycles. The third kappa shape index (κ3) is 9.09. The second-order valence-electron chi connectivity index (χ2n) is 10.6. The molecule has 3 N–H and O–H groups in total. The zero-order chi connectivity index (χ0) is 31.6. The minimum absolute atomic E-state index is 0.108. The van der Waals surface area contributed by atoms with Gasteiger partial charge in [-0.1, -0.05) is 87.0 Å². The van der Waals surface area contributed by atoms with Crippen LogP contribution in [0.5, 0.6) is 0 Å². The largest absolute Gasteiger partial charge is 0.325 e. The molecule has 0 bridgehead atoms. The fraction of sp³-hybridized carbons (Fsp3) is 0.194. The number of aryl methyl sites for hydroxylation is 1. The summed E-state index contributed by atoms with van der Waals surface area (Å²) in [5, 5.41) is 8.86. The van der Waals surface area contributed by atoms with E-state index in [-0.39, 0.29) is 22.8 Å². The fourth-order valence-corrected chi connectivity index (χ4v) is 5.51. The SMILES string of the molecule is CCC(Sc1cccc(NC(=O)/C(=C\c2ccc(C(C)C)cc2)NC(=O)c2ccccc2)c1)C(=O)Nc1ccc(C)c(Cl)c1. The number of thioether (sulfide) groups is 1. The molecule has 0 aromatic heterocycles. The average molecular weight is 626 g/mol. The Bertz CT molecular complexity index is 1650. The summed E-state index contributed by atoms with van der Waals surface area (Å²) >= 11 is 7.63. The molecular formula is C36H36ClN3O3S. The van der Waals surface area contributed by atoms with Crippen molar-refractivity contribution in [3.63, 3.8) is 0 Å². The van der Waals surface area contributed by atoms with Gasteiger partial charge in [-0.15, -0.1) is 11.8 Å². The minimum atomic E-state index is -0.467. The molecule has 4 aromatic rings. The van der Waals surface area contributed by atoms with E-state index >= 15 is 0 Å². The first-order chi connectivity index (χ1) is 21.1. The van der Waals surface area contributed by atoms with Gasteiger partial charge in [0.1, 0.15) is 5.70 Å². The van der Waals surface area contributed by atoms with Crippen molar-refractivity contribution in [3.8, 4) is 0 Å². The van der Waals surface area contributed by atoms with Crippen molar-refractivity contribution in [3.05, 3.63) is 130 Å². The molecule has 4 rings (SSSR count). The van der Waals surface area contributed by atoms with E-state index in [1.807, 2.05) is 74.5 Å². The van der Waals surface area contributed by atoms with Gasteiger partial charge >= 0.3 is 0 Å². The van der Waals surface area contributed by atoms with E-state index < -0.39 is 5.91 Å². The predicted molar refractivity (Wildman–Crippen MR) is 182 cm³/mol. The number of hydrogen-bond donors (Lipinski definition) is 3. The highest BCUT2D eigenvalue weighted by atomic mass is 35.5. The van der Waals surface area contributed by atoms with Crippen LogP contribution in [0.4, 0.5) is 11.4 Å². The van der Waals surface area contributed by atoms with Gasteiger partial charge < -0.3 is 16.0 Å². The van der Waals surface area contributed by atoms with E-state index in [0.29, 0.717) is 34.3 Å². The summed E-state index contributed by atoms with van der Waals surface area (Å²) in [5.41, 5.74) is 4.62. The van der Waals surface area contributed by atoms with Crippen LogP contribution in [0.15, 0.2) is 108 Å². The molecule has 3 amide bonds. The smallest absolute Gasteiger partial charge is 0.272 e. The summed E-state index contributed by atoms with van der Waals surface area (Å²) in [6, 6.07) is 29.4. The molecule has 0 radical (unpaired) electrons. The lowest BCUT2D eigenvalue weighted by atomic mass is 10.0. The van der Waals surface area contributed by atoms with Crippen LogP contribution in [0.3, 0.4) is 0 Å². The average Bonchev–Trinajstić information content (AvgIpc) is 3.02. The second-order valence-corrected chi connectivity index (χ2v) is 12.3. The molecule has 0 heterocycles. The summed E-state index contributed by atoms with van der Waals surface area (Å²) in [7, 11) is 0. The number of nitrogens with one attached hydrogen (secondary N) is 3. The molecule has 0 saturated heterocycles. The zero-order valence-corrected chi connectivity index (χ0v) is 26.8. The van der Waals surface area contributed by atoms with Gasteiger partial charge in [-0.25, -0.2) is 0 Å². The normalized spacial score (nSPS) is 12.0. The Morgan fingerprint density at radius 1 is 0.841 bits per heavy atom. The van der Waals surface area contributed by atoms with Crippen molar-refractivity contribution in [2.75, 3.05) is 10.6 Å². The molecule has 0 aliphatic rings. The lowest BCUT2D eigenvalue weighted by Crippen LogP contribution is -2.30. The number of rotatable bonds is 11. The lowest BCUT2D eigenvalue weighted by molar-refractivity contribution is -0.116. The minimum Gasteiger partial charge on any atom is -0.325 e. The Labute approximate surface area is 268 Å². The summed E-state index contributed by atoms with van der Waals surface area (Å²) in [4.78, 5) is 40.4. The highest BCUT2D eigenvalue weighted by molar-refractivity contribution is 8.00. The van der Waals surface area contributed by atoms with Gasteiger partial charge in [0.2, 0.25) is 5.91 Å². The first kappa shape index (κ1) is 32.6. The van der Waals surface area contributed by atoms with Crippen molar-refractivity contribution in [2.24, 2.45) is 0 Å². The molecule has 0 aliphatic carbocycles. The first-order valence-corrected chi connectivity index (χ1v) is 15.7. The van der Waals surface area contributed by atoms with Gasteiger partial charge in [0.05, 0.1) is 5.25 Å². The van der Waals surface area contributed by atoms with E-state index in [2.05, 4.69) is 29.8 Å². The maximum atomic E-state index is 13.5. The van der Waals surface area contributed by atoms with Crippen molar-refractivity contribution in [1.29, 1.82) is 0 Å². The van der Waals surface area contributed by atoms with Crippen molar-refractivity contribution >= 4 is 58.5 Å². The van der Waals surface area contributed by atoms with Crippen LogP contribution in [0.1, 0.15) is 60.2 Å². The number of amides is 3. The highest BCUT2D eigenvalue weighted by Crippen LogP contribution is 2.29. The molecule has 4 aromatic carbocycles. The van der Waals surface area contributed by atoms with Gasteiger partial charge in [0, 0.05) is 26.9 Å². The predicted octanol–water partition coefficient (Wildman–Crippen LogP) is 8.69. The van der Waals surface area contributed by atoms with Gasteiger partial charge in [-0.2, -0.15) is 0 Å². The van der Waals surface area contributed by atoms with E-state index in [1.165, 1.54) is 17.3 Å². The maximum absolute atomic E-state index is 13.5. The number of hydrogen-bond acceptors (Lipinski definition) is 4. The number of carbonyl (C=O) groups excluding carboxylic acids is 3. The van der Waals surface area contributed by atoms with Crippen LogP contribution in [-0.2, 0) is 9.59 Å². The summed E-state index contributed by atoms with van der Waals surface area (Å²) in [6.45, 7) is 8.09. The Morgan fingerprint density at radius 3 is 2.20 bits per heavy atom. The van der Waals surface area contributed by atoms with Gasteiger partial charge in [-0.05, 0) is 84.5 Å². The maximum Gasteiger partial charge on any atom is 0.272 e. The van der Waals surface area contributed by atoms with Crippen molar-refractivity contribution in [1.82, 2.24) is 5.32 Å². The van der Waals surface area contributed by atoms with Gasteiger partial charge in [0.15, 0.2) is 0 Å². The molecule has 226 valence electrons. The Kier molecular flexibility index (Phi) is 11.4. The topological polar surface area (TPSA) is 87.3 Å². The van der Waals surface area contributed by atoms with E-state index in [9.17, 15) is 14.4 Å². The summed E-state index contributed by atoms with van der Waals surface area (Å²) in [6.07, 6.45) is 2.26. The third-order valence-electron chi connectivity index (χ3n) is 6.92. The lowest BCUT2D eigenvalue weighted by Gasteiger charge is -2.16. The zero-order valence-electron chi connectivity index (χ0n) is 25.2. The summed E-state index contributed by atoms with van der Waals surface area (Å²) < 4.78 is 0. The third-order valence-corrected chi connectivity index (χ3v) is 8.68. The standard InChI is InChI=1S/C36H36ClN3O3S/c1-5-33(36(43)39-29-19-14-24(4)31(37)22-29)44-30-13-9-12-28(21-30)38-35(42)32(40-34(41)27-10-7-6-8-11-27)20-25-15-17-26(18-16-25)23(2)3/h6-23,33H,5H2,1-4H3,(H,38,42)(H,39,43)(H,40,41)/b32-20+. The van der Waals surface area contributed by atoms with Crippen LogP contribution in [0.2, 0.25) is 5.02 Å². The fourth-order valence-electron chi connectivity index (χ4n) is 4.31. The van der Waals surface area contributed by atoms with Gasteiger partial charge in [-0.3, -0.25) is 14.4 Å². The van der Waals surface area contributed by atoms with Gasteiger partial charge in [0.25, 0.3) is 11.8 Å². The molecule has 0 saturated carbocycles. The molecule has 1 atom stereocenters. The number of halogens is 1. The summed E-state index contributed by atoms with van der Waals surface area (Å²) in [5.74, 6) is -0.616. The highest BCUT2D eigenvalue weighted by Gasteiger charge is 2.20. The molecule has 0 fully saturated rings. The quantitative estimate of drug-likeness (QED) is 0.115. The monoisotopic (exact) mass is 625 g/mol. The van der Waals surface area contributed by atoms with Crippen LogP contribution in [0.25, 0.3) is 6.08 Å². The Morgan fingerprint density at radius 2 is 1.55 bits per heavy atom. The van der Waals surface area contributed by atoms with Crippen LogP contribution in [0, 0.1) is 6.92 Å². The van der Waals surface area contributed by atoms with E-state index in [0.717, 1.165) is 16.0 Å². The molecule has 1 unspecified atom stereocenters. The Hall–Kier alpha value is -4.33. The molecule has 6 nitrogen and oxygen atoms in total.